The summed E-state index contributed by atoms with van der Waals surface area (Å²) in [6.45, 7) is 7.90. The Morgan fingerprint density at radius 1 is 1.19 bits per heavy atom. The summed E-state index contributed by atoms with van der Waals surface area (Å²) in [6, 6.07) is 5.97. The molecule has 0 bridgehead atoms. The largest absolute Gasteiger partial charge is 0.451 e. The van der Waals surface area contributed by atoms with Crippen LogP contribution in [0.2, 0.25) is 0 Å². The van der Waals surface area contributed by atoms with Crippen LogP contribution in [0.1, 0.15) is 50.1 Å². The van der Waals surface area contributed by atoms with Crippen molar-refractivity contribution in [3.63, 3.8) is 0 Å². The van der Waals surface area contributed by atoms with Gasteiger partial charge in [0.1, 0.15) is 4.88 Å². The van der Waals surface area contributed by atoms with E-state index in [0.29, 0.717) is 10.8 Å². The molecule has 2 aromatic rings. The third kappa shape index (κ3) is 4.15. The molecule has 0 saturated heterocycles. The lowest BCUT2D eigenvalue weighted by atomic mass is 9.90. The predicted molar refractivity (Wildman–Crippen MR) is 105 cm³/mol. The molecule has 0 fully saturated rings. The topological polar surface area (TPSA) is 55.4 Å². The number of fused-ring (bicyclic) bond motifs is 1. The first kappa shape index (κ1) is 18.6. The summed E-state index contributed by atoms with van der Waals surface area (Å²) in [4.78, 5) is 26.4. The van der Waals surface area contributed by atoms with E-state index in [4.69, 9.17) is 4.74 Å². The van der Waals surface area contributed by atoms with Gasteiger partial charge in [-0.15, -0.1) is 11.3 Å². The highest BCUT2D eigenvalue weighted by atomic mass is 32.1. The van der Waals surface area contributed by atoms with Gasteiger partial charge in [-0.2, -0.15) is 0 Å². The predicted octanol–water partition coefficient (Wildman–Crippen LogP) is 4.59. The van der Waals surface area contributed by atoms with Gasteiger partial charge in [0, 0.05) is 10.6 Å². The number of amides is 1. The lowest BCUT2D eigenvalue weighted by Gasteiger charge is -2.16. The summed E-state index contributed by atoms with van der Waals surface area (Å²) in [5.74, 6) is -0.0689. The number of hydrogen-bond acceptors (Lipinski definition) is 4. The minimum Gasteiger partial charge on any atom is -0.451 e. The molecule has 0 radical (unpaired) electrons. The standard InChI is InChI=1S/C21H25NO3S/c1-12-5-6-17-16(9-12)10-18(26-17)21(24)25-11-19(23)22-20-14(3)7-13(2)8-15(20)4/h7-8,10,12H,5-6,9,11H2,1-4H3,(H,22,23). The van der Waals surface area contributed by atoms with Gasteiger partial charge in [-0.1, -0.05) is 24.6 Å². The van der Waals surface area contributed by atoms with Gasteiger partial charge in [0.2, 0.25) is 0 Å². The highest BCUT2D eigenvalue weighted by molar-refractivity contribution is 7.14. The van der Waals surface area contributed by atoms with Crippen LogP contribution in [0.3, 0.4) is 0 Å². The van der Waals surface area contributed by atoms with E-state index >= 15 is 0 Å². The van der Waals surface area contributed by atoms with Crippen LogP contribution in [0.5, 0.6) is 0 Å². The molecule has 4 nitrogen and oxygen atoms in total. The van der Waals surface area contributed by atoms with Crippen molar-refractivity contribution in [3.05, 3.63) is 50.2 Å². The van der Waals surface area contributed by atoms with Crippen LogP contribution in [-0.2, 0) is 22.4 Å². The van der Waals surface area contributed by atoms with E-state index in [1.807, 2.05) is 39.0 Å². The Labute approximate surface area is 158 Å². The number of aryl methyl sites for hydroxylation is 4. The van der Waals surface area contributed by atoms with E-state index in [1.54, 1.807) is 0 Å². The molecule has 5 heteroatoms. The number of benzene rings is 1. The minimum absolute atomic E-state index is 0.273. The number of carbonyl (C=O) groups is 2. The van der Waals surface area contributed by atoms with Crippen LogP contribution in [0, 0.1) is 26.7 Å². The minimum atomic E-state index is -0.412. The molecule has 1 aromatic heterocycles. The average Bonchev–Trinajstić information content (AvgIpc) is 2.99. The lowest BCUT2D eigenvalue weighted by molar-refractivity contribution is -0.119. The van der Waals surface area contributed by atoms with E-state index in [2.05, 4.69) is 12.2 Å². The van der Waals surface area contributed by atoms with Crippen molar-refractivity contribution in [1.29, 1.82) is 0 Å². The Bertz CT molecular complexity index is 830. The van der Waals surface area contributed by atoms with E-state index in [0.717, 1.165) is 35.2 Å². The molecule has 1 N–H and O–H groups in total. The van der Waals surface area contributed by atoms with E-state index in [9.17, 15) is 9.59 Å². The van der Waals surface area contributed by atoms with Crippen LogP contribution in [0.25, 0.3) is 0 Å². The number of carbonyl (C=O) groups excluding carboxylic acids is 2. The third-order valence-electron chi connectivity index (χ3n) is 4.81. The second-order valence-corrected chi connectivity index (χ2v) is 8.44. The summed E-state index contributed by atoms with van der Waals surface area (Å²) >= 11 is 1.50. The SMILES string of the molecule is Cc1cc(C)c(NC(=O)COC(=O)c2cc3c(s2)CCC(C)C3)c(C)c1. The van der Waals surface area contributed by atoms with Crippen molar-refractivity contribution in [2.24, 2.45) is 5.92 Å². The first-order chi connectivity index (χ1) is 12.3. The van der Waals surface area contributed by atoms with Gasteiger partial charge in [-0.05, 0) is 68.7 Å². The molecule has 0 spiro atoms. The zero-order valence-corrected chi connectivity index (χ0v) is 16.6. The van der Waals surface area contributed by atoms with Crippen molar-refractivity contribution in [2.75, 3.05) is 11.9 Å². The van der Waals surface area contributed by atoms with Gasteiger partial charge >= 0.3 is 5.97 Å². The molecular formula is C21H25NO3S. The maximum atomic E-state index is 12.3. The molecule has 0 saturated carbocycles. The summed E-state index contributed by atoms with van der Waals surface area (Å²) in [5, 5.41) is 2.85. The van der Waals surface area contributed by atoms with E-state index in [1.165, 1.54) is 28.2 Å². The van der Waals surface area contributed by atoms with E-state index < -0.39 is 5.97 Å². The Hall–Kier alpha value is -2.14. The highest BCUT2D eigenvalue weighted by Crippen LogP contribution is 2.32. The van der Waals surface area contributed by atoms with Gasteiger partial charge in [-0.25, -0.2) is 4.79 Å². The second kappa shape index (κ2) is 7.62. The maximum Gasteiger partial charge on any atom is 0.348 e. The first-order valence-corrected chi connectivity index (χ1v) is 9.81. The summed E-state index contributed by atoms with van der Waals surface area (Å²) in [6.07, 6.45) is 3.21. The number of thiophene rings is 1. The van der Waals surface area contributed by atoms with Crippen LogP contribution in [0.15, 0.2) is 18.2 Å². The number of anilines is 1. The van der Waals surface area contributed by atoms with Crippen molar-refractivity contribution < 1.29 is 14.3 Å². The molecule has 1 heterocycles. The van der Waals surface area contributed by atoms with Crippen molar-refractivity contribution in [1.82, 2.24) is 0 Å². The fraction of sp³-hybridized carbons (Fsp3) is 0.429. The summed E-state index contributed by atoms with van der Waals surface area (Å²) in [5.41, 5.74) is 5.21. The Morgan fingerprint density at radius 2 is 1.88 bits per heavy atom. The lowest BCUT2D eigenvalue weighted by Crippen LogP contribution is -2.21. The molecule has 1 atom stereocenters. The van der Waals surface area contributed by atoms with Gasteiger partial charge in [-0.3, -0.25) is 4.79 Å². The van der Waals surface area contributed by atoms with Gasteiger partial charge in [0.25, 0.3) is 5.91 Å². The Balaban J connectivity index is 1.59. The molecule has 1 aliphatic carbocycles. The van der Waals surface area contributed by atoms with Crippen molar-refractivity contribution >= 4 is 28.9 Å². The molecule has 3 rings (SSSR count). The number of nitrogens with one attached hydrogen (secondary N) is 1. The quantitative estimate of drug-likeness (QED) is 0.800. The molecule has 1 aliphatic rings. The Kier molecular flexibility index (Phi) is 5.47. The monoisotopic (exact) mass is 371 g/mol. The third-order valence-corrected chi connectivity index (χ3v) is 6.02. The van der Waals surface area contributed by atoms with Crippen molar-refractivity contribution in [2.45, 2.75) is 47.0 Å². The van der Waals surface area contributed by atoms with Crippen LogP contribution >= 0.6 is 11.3 Å². The Morgan fingerprint density at radius 3 is 2.58 bits per heavy atom. The van der Waals surface area contributed by atoms with Gasteiger partial charge < -0.3 is 10.1 Å². The smallest absolute Gasteiger partial charge is 0.348 e. The summed E-state index contributed by atoms with van der Waals surface area (Å²) in [7, 11) is 0. The number of rotatable bonds is 4. The van der Waals surface area contributed by atoms with Gasteiger partial charge in [0.05, 0.1) is 0 Å². The van der Waals surface area contributed by atoms with Crippen LogP contribution in [0.4, 0.5) is 5.69 Å². The number of esters is 1. The zero-order chi connectivity index (χ0) is 18.8. The molecular weight excluding hydrogens is 346 g/mol. The fourth-order valence-corrected chi connectivity index (χ4v) is 4.66. The summed E-state index contributed by atoms with van der Waals surface area (Å²) < 4.78 is 5.23. The van der Waals surface area contributed by atoms with Crippen molar-refractivity contribution in [3.8, 4) is 0 Å². The molecule has 1 unspecified atom stereocenters. The van der Waals surface area contributed by atoms with Crippen LogP contribution < -0.4 is 5.32 Å². The number of ether oxygens (including phenoxy) is 1. The second-order valence-electron chi connectivity index (χ2n) is 7.31. The number of hydrogen-bond donors (Lipinski definition) is 1. The van der Waals surface area contributed by atoms with Crippen LogP contribution in [-0.4, -0.2) is 18.5 Å². The average molecular weight is 372 g/mol. The first-order valence-electron chi connectivity index (χ1n) is 9.00. The molecule has 26 heavy (non-hydrogen) atoms. The van der Waals surface area contributed by atoms with Gasteiger partial charge in [0.15, 0.2) is 6.61 Å². The fourth-order valence-electron chi connectivity index (χ4n) is 3.56. The molecule has 1 aromatic carbocycles. The zero-order valence-electron chi connectivity index (χ0n) is 15.8. The maximum absolute atomic E-state index is 12.3. The molecule has 138 valence electrons. The van der Waals surface area contributed by atoms with E-state index in [-0.39, 0.29) is 12.5 Å². The molecule has 1 amide bonds. The molecule has 0 aliphatic heterocycles. The highest BCUT2D eigenvalue weighted by Gasteiger charge is 2.22. The normalized spacial score (nSPS) is 16.1.